The molecule has 1 aliphatic rings. The van der Waals surface area contributed by atoms with E-state index >= 15 is 0 Å². The largest absolute Gasteiger partial charge is 0.367 e. The number of carbonyl (C=O) groups excluding carboxylic acids is 1. The number of hydrogen-bond acceptors (Lipinski definition) is 5. The van der Waals surface area contributed by atoms with E-state index in [1.165, 1.54) is 0 Å². The van der Waals surface area contributed by atoms with E-state index < -0.39 is 17.8 Å². The van der Waals surface area contributed by atoms with Crippen molar-refractivity contribution in [1.29, 1.82) is 0 Å². The fourth-order valence-electron chi connectivity index (χ4n) is 3.97. The molecule has 2 unspecified atom stereocenters. The van der Waals surface area contributed by atoms with Crippen LogP contribution in [0.4, 0.5) is 0 Å². The Morgan fingerprint density at radius 3 is 2.23 bits per heavy atom. The van der Waals surface area contributed by atoms with E-state index in [9.17, 15) is 14.9 Å². The average Bonchev–Trinajstić information content (AvgIpc) is 2.55. The molecule has 144 valence electrons. The minimum atomic E-state index is -0.615. The van der Waals surface area contributed by atoms with Crippen LogP contribution >= 0.6 is 0 Å². The minimum absolute atomic E-state index is 0.261. The molecule has 1 aromatic carbocycles. The minimum Gasteiger partial charge on any atom is -0.367 e. The van der Waals surface area contributed by atoms with Crippen LogP contribution in [0.2, 0.25) is 0 Å². The summed E-state index contributed by atoms with van der Waals surface area (Å²) < 4.78 is 0. The van der Waals surface area contributed by atoms with Crippen molar-refractivity contribution in [1.82, 2.24) is 5.06 Å². The van der Waals surface area contributed by atoms with Crippen LogP contribution in [-0.4, -0.2) is 33.6 Å². The SMILES string of the molecule is CC(C(=O)ON1C(C)(C)CCCC1(C)C)C(C[N+](=O)[O-])c1ccccc1. The molecule has 0 bridgehead atoms. The number of nitro groups is 1. The van der Waals surface area contributed by atoms with Gasteiger partial charge in [-0.2, -0.15) is 0 Å². The smallest absolute Gasteiger partial charge is 0.328 e. The van der Waals surface area contributed by atoms with Gasteiger partial charge in [0.25, 0.3) is 0 Å². The molecule has 0 aromatic heterocycles. The number of piperidine rings is 1. The average molecular weight is 362 g/mol. The lowest BCUT2D eigenvalue weighted by atomic mass is 9.82. The van der Waals surface area contributed by atoms with E-state index in [1.54, 1.807) is 12.0 Å². The Balaban J connectivity index is 2.21. The second-order valence-corrected chi connectivity index (χ2v) is 8.50. The standard InChI is InChI=1S/C20H30N2O4/c1-15(17(14-21(24)25)16-10-7-6-8-11-16)18(23)26-22-19(2,3)12-9-13-20(22,4)5/h6-8,10-11,15,17H,9,12-14H2,1-5H3. The number of benzene rings is 1. The Morgan fingerprint density at radius 2 is 1.73 bits per heavy atom. The van der Waals surface area contributed by atoms with Crippen molar-refractivity contribution in [3.63, 3.8) is 0 Å². The van der Waals surface area contributed by atoms with E-state index in [-0.39, 0.29) is 22.5 Å². The summed E-state index contributed by atoms with van der Waals surface area (Å²) >= 11 is 0. The van der Waals surface area contributed by atoms with Crippen LogP contribution in [0.25, 0.3) is 0 Å². The zero-order chi connectivity index (χ0) is 19.5. The fraction of sp³-hybridized carbons (Fsp3) is 0.650. The summed E-state index contributed by atoms with van der Waals surface area (Å²) in [6.45, 7) is 9.69. The van der Waals surface area contributed by atoms with Crippen LogP contribution in [0.15, 0.2) is 30.3 Å². The summed E-state index contributed by atoms with van der Waals surface area (Å²) in [6, 6.07) is 9.17. The molecule has 1 saturated heterocycles. The van der Waals surface area contributed by atoms with E-state index in [4.69, 9.17) is 4.84 Å². The Morgan fingerprint density at radius 1 is 1.19 bits per heavy atom. The molecule has 1 aromatic rings. The zero-order valence-electron chi connectivity index (χ0n) is 16.4. The maximum absolute atomic E-state index is 12.9. The molecule has 6 nitrogen and oxygen atoms in total. The maximum Gasteiger partial charge on any atom is 0.328 e. The van der Waals surface area contributed by atoms with Gasteiger partial charge in [0.15, 0.2) is 0 Å². The van der Waals surface area contributed by atoms with Gasteiger partial charge >= 0.3 is 5.97 Å². The fourth-order valence-corrected chi connectivity index (χ4v) is 3.97. The second kappa shape index (κ2) is 7.74. The predicted molar refractivity (Wildman–Crippen MR) is 100 cm³/mol. The lowest BCUT2D eigenvalue weighted by Crippen LogP contribution is -2.59. The molecule has 6 heteroatoms. The van der Waals surface area contributed by atoms with Crippen LogP contribution in [-0.2, 0) is 9.63 Å². The lowest BCUT2D eigenvalue weighted by Gasteiger charge is -2.50. The van der Waals surface area contributed by atoms with Gasteiger partial charge in [0.2, 0.25) is 6.54 Å². The highest BCUT2D eigenvalue weighted by Crippen LogP contribution is 2.39. The zero-order valence-corrected chi connectivity index (χ0v) is 16.4. The molecule has 1 aliphatic heterocycles. The number of hydrogen-bond donors (Lipinski definition) is 0. The molecule has 1 heterocycles. The highest BCUT2D eigenvalue weighted by atomic mass is 16.7. The summed E-state index contributed by atoms with van der Waals surface area (Å²) in [5, 5.41) is 13.0. The first-order chi connectivity index (χ1) is 12.0. The van der Waals surface area contributed by atoms with Crippen LogP contribution in [0.5, 0.6) is 0 Å². The Labute approximate surface area is 155 Å². The molecular weight excluding hydrogens is 332 g/mol. The van der Waals surface area contributed by atoms with Crippen LogP contribution in [0.1, 0.15) is 65.4 Å². The Kier molecular flexibility index (Phi) is 6.06. The van der Waals surface area contributed by atoms with Gasteiger partial charge in [-0.1, -0.05) is 37.3 Å². The van der Waals surface area contributed by atoms with Gasteiger partial charge in [0.05, 0.1) is 22.9 Å². The molecular formula is C20H30N2O4. The molecule has 0 amide bonds. The van der Waals surface area contributed by atoms with Crippen molar-refractivity contribution in [2.24, 2.45) is 5.92 Å². The molecule has 2 rings (SSSR count). The first kappa shape index (κ1) is 20.4. The highest BCUT2D eigenvalue weighted by molar-refractivity contribution is 5.73. The number of nitrogens with zero attached hydrogens (tertiary/aromatic N) is 2. The number of rotatable bonds is 6. The lowest BCUT2D eigenvalue weighted by molar-refractivity contribution is -0.484. The molecule has 0 radical (unpaired) electrons. The monoisotopic (exact) mass is 362 g/mol. The van der Waals surface area contributed by atoms with Crippen molar-refractivity contribution in [2.45, 2.75) is 70.9 Å². The first-order valence-electron chi connectivity index (χ1n) is 9.23. The third-order valence-corrected chi connectivity index (χ3v) is 5.41. The predicted octanol–water partition coefficient (Wildman–Crippen LogP) is 4.18. The van der Waals surface area contributed by atoms with Gasteiger partial charge in [-0.05, 0) is 52.5 Å². The molecule has 0 aliphatic carbocycles. The van der Waals surface area contributed by atoms with Crippen LogP contribution < -0.4 is 0 Å². The third kappa shape index (κ3) is 4.61. The van der Waals surface area contributed by atoms with Crippen molar-refractivity contribution < 1.29 is 14.6 Å². The van der Waals surface area contributed by atoms with Gasteiger partial charge in [0.1, 0.15) is 0 Å². The van der Waals surface area contributed by atoms with Crippen molar-refractivity contribution >= 4 is 5.97 Å². The highest BCUT2D eigenvalue weighted by Gasteiger charge is 2.45. The van der Waals surface area contributed by atoms with E-state index in [2.05, 4.69) is 27.7 Å². The van der Waals surface area contributed by atoms with E-state index in [0.29, 0.717) is 0 Å². The van der Waals surface area contributed by atoms with Gasteiger partial charge < -0.3 is 4.84 Å². The second-order valence-electron chi connectivity index (χ2n) is 8.50. The maximum atomic E-state index is 12.9. The van der Waals surface area contributed by atoms with Crippen molar-refractivity contribution in [3.05, 3.63) is 46.0 Å². The summed E-state index contributed by atoms with van der Waals surface area (Å²) in [7, 11) is 0. The Hall–Kier alpha value is -1.95. The summed E-state index contributed by atoms with van der Waals surface area (Å²) in [6.07, 6.45) is 2.96. The van der Waals surface area contributed by atoms with Gasteiger partial charge in [-0.25, -0.2) is 0 Å². The number of hydroxylamine groups is 2. The van der Waals surface area contributed by atoms with Gasteiger partial charge in [-0.3, -0.25) is 14.9 Å². The molecule has 0 N–H and O–H groups in total. The van der Waals surface area contributed by atoms with Crippen LogP contribution in [0, 0.1) is 16.0 Å². The van der Waals surface area contributed by atoms with Gasteiger partial charge in [0, 0.05) is 4.92 Å². The van der Waals surface area contributed by atoms with Crippen molar-refractivity contribution in [2.75, 3.05) is 6.54 Å². The normalized spacial score (nSPS) is 21.6. The summed E-state index contributed by atoms with van der Waals surface area (Å²) in [5.41, 5.74) is 0.260. The molecule has 26 heavy (non-hydrogen) atoms. The topological polar surface area (TPSA) is 72.7 Å². The molecule has 0 saturated carbocycles. The van der Waals surface area contributed by atoms with Crippen LogP contribution in [0.3, 0.4) is 0 Å². The van der Waals surface area contributed by atoms with Crippen molar-refractivity contribution in [3.8, 4) is 0 Å². The summed E-state index contributed by atoms with van der Waals surface area (Å²) in [4.78, 5) is 29.5. The molecule has 2 atom stereocenters. The Bertz CT molecular complexity index is 626. The summed E-state index contributed by atoms with van der Waals surface area (Å²) in [5.74, 6) is -1.55. The third-order valence-electron chi connectivity index (χ3n) is 5.41. The quantitative estimate of drug-likeness (QED) is 0.560. The van der Waals surface area contributed by atoms with E-state index in [1.807, 2.05) is 30.3 Å². The van der Waals surface area contributed by atoms with E-state index in [0.717, 1.165) is 24.8 Å². The molecule has 1 fully saturated rings. The first-order valence-corrected chi connectivity index (χ1v) is 9.23. The number of carbonyl (C=O) groups is 1. The molecule has 0 spiro atoms. The van der Waals surface area contributed by atoms with Gasteiger partial charge in [-0.15, -0.1) is 5.06 Å².